The average Bonchev–Trinajstić information content (AvgIpc) is 3.06. The lowest BCUT2D eigenvalue weighted by Gasteiger charge is -2.21. The van der Waals surface area contributed by atoms with Crippen molar-refractivity contribution >= 4 is 28.9 Å². The molecule has 0 fully saturated rings. The molecular formula is C23H23ClN8. The molecule has 0 radical (unpaired) electrons. The van der Waals surface area contributed by atoms with Gasteiger partial charge in [0.05, 0.1) is 17.4 Å². The highest BCUT2D eigenvalue weighted by atomic mass is 35.5. The number of aryl methyl sites for hydroxylation is 1. The molecule has 8 nitrogen and oxygen atoms in total. The van der Waals surface area contributed by atoms with Crippen LogP contribution < -0.4 is 11.1 Å². The standard InChI is InChI=1S/C23H23ClN8/c1-12(2)15-7-5-6-8-16(15)20-18(10-32-23(30-20)19(24)14(4)31-32)13(3)29-22-17(9-25)21(26)27-11-28-22/h5-8,10-13H,1-4H3,(H3,26,27,28,29)/t13-/m0/s1. The van der Waals surface area contributed by atoms with Gasteiger partial charge in [-0.3, -0.25) is 0 Å². The number of fused-ring (bicyclic) bond motifs is 1. The van der Waals surface area contributed by atoms with Crippen LogP contribution in [-0.4, -0.2) is 24.6 Å². The van der Waals surface area contributed by atoms with Gasteiger partial charge < -0.3 is 11.1 Å². The molecule has 1 atom stereocenters. The van der Waals surface area contributed by atoms with E-state index >= 15 is 0 Å². The van der Waals surface area contributed by atoms with Crippen molar-refractivity contribution in [1.82, 2.24) is 24.6 Å². The first-order valence-electron chi connectivity index (χ1n) is 10.2. The Morgan fingerprint density at radius 3 is 2.62 bits per heavy atom. The molecule has 9 heteroatoms. The van der Waals surface area contributed by atoms with Gasteiger partial charge in [-0.15, -0.1) is 0 Å². The molecule has 32 heavy (non-hydrogen) atoms. The van der Waals surface area contributed by atoms with Crippen LogP contribution in [-0.2, 0) is 0 Å². The molecule has 0 saturated heterocycles. The molecule has 3 N–H and O–H groups in total. The summed E-state index contributed by atoms with van der Waals surface area (Å²) < 4.78 is 1.69. The third kappa shape index (κ3) is 3.72. The molecule has 0 saturated carbocycles. The van der Waals surface area contributed by atoms with Crippen LogP contribution >= 0.6 is 11.6 Å². The zero-order chi connectivity index (χ0) is 23.0. The SMILES string of the molecule is Cc1nn2cc([C@H](C)Nc3ncnc(N)c3C#N)c(-c3ccccc3C(C)C)nc2c1Cl. The third-order valence-corrected chi connectivity index (χ3v) is 5.83. The van der Waals surface area contributed by atoms with E-state index in [0.29, 0.717) is 28.1 Å². The smallest absolute Gasteiger partial charge is 0.174 e. The van der Waals surface area contributed by atoms with E-state index in [1.807, 2.05) is 32.2 Å². The van der Waals surface area contributed by atoms with Crippen molar-refractivity contribution in [2.24, 2.45) is 0 Å². The minimum Gasteiger partial charge on any atom is -0.382 e. The molecule has 0 aliphatic carbocycles. The second-order valence-corrected chi connectivity index (χ2v) is 8.29. The van der Waals surface area contributed by atoms with Crippen molar-refractivity contribution in [3.8, 4) is 17.3 Å². The zero-order valence-corrected chi connectivity index (χ0v) is 19.0. The summed E-state index contributed by atoms with van der Waals surface area (Å²) in [4.78, 5) is 13.1. The number of rotatable bonds is 5. The minimum atomic E-state index is -0.271. The van der Waals surface area contributed by atoms with Gasteiger partial charge in [-0.25, -0.2) is 19.5 Å². The van der Waals surface area contributed by atoms with Crippen LogP contribution in [0.4, 0.5) is 11.6 Å². The van der Waals surface area contributed by atoms with Gasteiger partial charge in [0.1, 0.15) is 34.6 Å². The monoisotopic (exact) mass is 446 g/mol. The van der Waals surface area contributed by atoms with Gasteiger partial charge in [-0.2, -0.15) is 10.4 Å². The van der Waals surface area contributed by atoms with Crippen LogP contribution in [0.25, 0.3) is 16.9 Å². The number of aromatic nitrogens is 5. The number of hydrogen-bond acceptors (Lipinski definition) is 7. The van der Waals surface area contributed by atoms with Crippen LogP contribution in [0.5, 0.6) is 0 Å². The van der Waals surface area contributed by atoms with E-state index in [1.165, 1.54) is 11.9 Å². The molecule has 0 aliphatic heterocycles. The van der Waals surface area contributed by atoms with Crippen molar-refractivity contribution in [1.29, 1.82) is 5.26 Å². The Labute approximate surface area is 191 Å². The summed E-state index contributed by atoms with van der Waals surface area (Å²) in [6.07, 6.45) is 3.25. The lowest BCUT2D eigenvalue weighted by Crippen LogP contribution is -2.14. The van der Waals surface area contributed by atoms with Gasteiger partial charge in [0.2, 0.25) is 0 Å². The number of halogens is 1. The van der Waals surface area contributed by atoms with Gasteiger partial charge in [0.25, 0.3) is 0 Å². The Bertz CT molecular complexity index is 1350. The predicted octanol–water partition coefficient (Wildman–Crippen LogP) is 4.90. The molecule has 162 valence electrons. The van der Waals surface area contributed by atoms with Gasteiger partial charge in [0.15, 0.2) is 5.65 Å². The van der Waals surface area contributed by atoms with Gasteiger partial charge in [0, 0.05) is 17.3 Å². The average molecular weight is 447 g/mol. The number of benzene rings is 1. The highest BCUT2D eigenvalue weighted by Gasteiger charge is 2.22. The maximum Gasteiger partial charge on any atom is 0.174 e. The molecule has 3 heterocycles. The summed E-state index contributed by atoms with van der Waals surface area (Å²) >= 11 is 6.49. The van der Waals surface area contributed by atoms with Crippen molar-refractivity contribution in [3.63, 3.8) is 0 Å². The van der Waals surface area contributed by atoms with Crippen LogP contribution in [0.3, 0.4) is 0 Å². The first-order chi connectivity index (χ1) is 15.3. The quantitative estimate of drug-likeness (QED) is 0.447. The summed E-state index contributed by atoms with van der Waals surface area (Å²) in [6.45, 7) is 8.12. The number of nitrogens with zero attached hydrogens (tertiary/aromatic N) is 6. The van der Waals surface area contributed by atoms with E-state index in [1.54, 1.807) is 4.52 Å². The topological polar surface area (TPSA) is 118 Å². The van der Waals surface area contributed by atoms with Crippen molar-refractivity contribution in [3.05, 3.63) is 64.2 Å². The summed E-state index contributed by atoms with van der Waals surface area (Å²) in [5, 5.41) is 17.8. The molecule has 3 aromatic heterocycles. The minimum absolute atomic E-state index is 0.130. The molecule has 0 bridgehead atoms. The Morgan fingerprint density at radius 1 is 1.16 bits per heavy atom. The first kappa shape index (κ1) is 21.5. The molecule has 0 amide bonds. The summed E-state index contributed by atoms with van der Waals surface area (Å²) in [5.74, 6) is 0.797. The Morgan fingerprint density at radius 2 is 1.91 bits per heavy atom. The van der Waals surface area contributed by atoms with Crippen molar-refractivity contribution < 1.29 is 0 Å². The maximum atomic E-state index is 9.50. The lowest BCUT2D eigenvalue weighted by molar-refractivity contribution is 0.821. The van der Waals surface area contributed by atoms with Crippen LogP contribution in [0.1, 0.15) is 55.1 Å². The molecule has 0 aliphatic rings. The molecule has 4 aromatic rings. The summed E-state index contributed by atoms with van der Waals surface area (Å²) in [7, 11) is 0. The van der Waals surface area contributed by atoms with E-state index in [9.17, 15) is 5.26 Å². The number of nitrogen functional groups attached to an aromatic ring is 1. The van der Waals surface area contributed by atoms with Crippen LogP contribution in [0.15, 0.2) is 36.8 Å². The first-order valence-corrected chi connectivity index (χ1v) is 10.6. The van der Waals surface area contributed by atoms with E-state index in [-0.39, 0.29) is 17.4 Å². The normalized spacial score (nSPS) is 12.2. The maximum absolute atomic E-state index is 9.50. The Hall–Kier alpha value is -3.70. The second kappa shape index (κ2) is 8.44. The van der Waals surface area contributed by atoms with E-state index in [2.05, 4.69) is 52.4 Å². The number of nitrogens with one attached hydrogen (secondary N) is 1. The second-order valence-electron chi connectivity index (χ2n) is 7.91. The van der Waals surface area contributed by atoms with Gasteiger partial charge >= 0.3 is 0 Å². The van der Waals surface area contributed by atoms with E-state index < -0.39 is 0 Å². The molecule has 0 unspecified atom stereocenters. The fourth-order valence-corrected chi connectivity index (χ4v) is 3.89. The zero-order valence-electron chi connectivity index (χ0n) is 18.3. The highest BCUT2D eigenvalue weighted by molar-refractivity contribution is 6.34. The molecule has 0 spiro atoms. The van der Waals surface area contributed by atoms with Crippen molar-refractivity contribution in [2.45, 2.75) is 39.7 Å². The summed E-state index contributed by atoms with van der Waals surface area (Å²) in [6, 6.07) is 9.99. The molecule has 1 aromatic carbocycles. The number of nitriles is 1. The van der Waals surface area contributed by atoms with Crippen LogP contribution in [0, 0.1) is 18.3 Å². The predicted molar refractivity (Wildman–Crippen MR) is 125 cm³/mol. The van der Waals surface area contributed by atoms with Crippen LogP contribution in [0.2, 0.25) is 5.02 Å². The van der Waals surface area contributed by atoms with Gasteiger partial charge in [-0.05, 0) is 25.3 Å². The van der Waals surface area contributed by atoms with Gasteiger partial charge in [-0.1, -0.05) is 49.7 Å². The fraction of sp³-hybridized carbons (Fsp3) is 0.261. The fourth-order valence-electron chi connectivity index (χ4n) is 3.72. The number of anilines is 2. The molecular weight excluding hydrogens is 424 g/mol. The number of nitrogens with two attached hydrogens (primary N) is 1. The lowest BCUT2D eigenvalue weighted by atomic mass is 9.92. The van der Waals surface area contributed by atoms with Crippen molar-refractivity contribution in [2.75, 3.05) is 11.1 Å². The Kier molecular flexibility index (Phi) is 5.68. The van der Waals surface area contributed by atoms with E-state index in [4.69, 9.17) is 22.3 Å². The van der Waals surface area contributed by atoms with E-state index in [0.717, 1.165) is 16.8 Å². The molecule has 4 rings (SSSR count). The highest BCUT2D eigenvalue weighted by Crippen LogP contribution is 2.35. The summed E-state index contributed by atoms with van der Waals surface area (Å²) in [5.41, 5.74) is 11.2. The Balaban J connectivity index is 1.92. The largest absolute Gasteiger partial charge is 0.382 e. The number of hydrogen-bond donors (Lipinski definition) is 2. The third-order valence-electron chi connectivity index (χ3n) is 5.39.